The highest BCUT2D eigenvalue weighted by Gasteiger charge is 2.36. The van der Waals surface area contributed by atoms with Crippen LogP contribution < -0.4 is 19.7 Å². The van der Waals surface area contributed by atoms with Gasteiger partial charge in [0, 0.05) is 30.6 Å². The predicted molar refractivity (Wildman–Crippen MR) is 103 cm³/mol. The highest BCUT2D eigenvalue weighted by Crippen LogP contribution is 2.35. The molecular formula is C20H21ClN2O4. The Hall–Kier alpha value is -2.73. The van der Waals surface area contributed by atoms with Gasteiger partial charge in [0.1, 0.15) is 11.5 Å². The van der Waals surface area contributed by atoms with Crippen LogP contribution in [0.3, 0.4) is 0 Å². The van der Waals surface area contributed by atoms with E-state index in [1.54, 1.807) is 36.3 Å². The van der Waals surface area contributed by atoms with Gasteiger partial charge < -0.3 is 19.7 Å². The van der Waals surface area contributed by atoms with Crippen molar-refractivity contribution in [3.05, 3.63) is 53.1 Å². The minimum absolute atomic E-state index is 0.114. The maximum Gasteiger partial charge on any atom is 0.227 e. The summed E-state index contributed by atoms with van der Waals surface area (Å²) in [6.07, 6.45) is 0.156. The number of rotatable bonds is 6. The van der Waals surface area contributed by atoms with Crippen LogP contribution in [0.2, 0.25) is 5.02 Å². The Bertz CT molecular complexity index is 856. The summed E-state index contributed by atoms with van der Waals surface area (Å²) < 4.78 is 10.6. The first-order chi connectivity index (χ1) is 13.0. The van der Waals surface area contributed by atoms with Crippen LogP contribution in [0.1, 0.15) is 12.0 Å². The summed E-state index contributed by atoms with van der Waals surface area (Å²) in [5.41, 5.74) is 1.47. The molecule has 1 N–H and O–H groups in total. The zero-order valence-electron chi connectivity index (χ0n) is 15.2. The topological polar surface area (TPSA) is 67.9 Å². The second-order valence-electron chi connectivity index (χ2n) is 6.25. The fourth-order valence-corrected chi connectivity index (χ4v) is 3.29. The Morgan fingerprint density at radius 3 is 2.70 bits per heavy atom. The number of methoxy groups -OCH3 is 2. The van der Waals surface area contributed by atoms with Crippen molar-refractivity contribution in [3.8, 4) is 11.5 Å². The molecular weight excluding hydrogens is 368 g/mol. The third kappa shape index (κ3) is 4.17. The van der Waals surface area contributed by atoms with Crippen molar-refractivity contribution in [2.45, 2.75) is 13.0 Å². The number of nitrogens with one attached hydrogen (secondary N) is 1. The van der Waals surface area contributed by atoms with Crippen molar-refractivity contribution in [3.63, 3.8) is 0 Å². The first-order valence-corrected chi connectivity index (χ1v) is 8.94. The maximum atomic E-state index is 12.5. The van der Waals surface area contributed by atoms with Crippen LogP contribution in [-0.4, -0.2) is 32.6 Å². The average molecular weight is 389 g/mol. The number of hydrogen-bond donors (Lipinski definition) is 1. The molecule has 1 aliphatic heterocycles. The van der Waals surface area contributed by atoms with E-state index in [1.807, 2.05) is 18.2 Å². The second-order valence-corrected chi connectivity index (χ2v) is 6.66. The lowest BCUT2D eigenvalue weighted by atomic mass is 10.1. The summed E-state index contributed by atoms with van der Waals surface area (Å²) in [6.45, 7) is 0.630. The van der Waals surface area contributed by atoms with Gasteiger partial charge in [0.05, 0.1) is 25.8 Å². The standard InChI is InChI=1S/C20H21ClN2O4/c1-26-15-7-8-17(18(10-15)27-2)23-12-14(9-19(23)24)20(25)22-11-13-5-3-4-6-16(13)21/h3-8,10,14H,9,11-12H2,1-2H3,(H,22,25). The Balaban J connectivity index is 1.68. The van der Waals surface area contributed by atoms with E-state index >= 15 is 0 Å². The summed E-state index contributed by atoms with van der Waals surface area (Å²) in [6, 6.07) is 12.6. The Morgan fingerprint density at radius 1 is 1.22 bits per heavy atom. The molecule has 1 unspecified atom stereocenters. The number of anilines is 1. The molecule has 0 aliphatic carbocycles. The normalized spacial score (nSPS) is 16.3. The van der Waals surface area contributed by atoms with Crippen molar-refractivity contribution in [1.82, 2.24) is 5.32 Å². The molecule has 142 valence electrons. The van der Waals surface area contributed by atoms with Gasteiger partial charge in [-0.3, -0.25) is 9.59 Å². The third-order valence-corrected chi connectivity index (χ3v) is 4.95. The van der Waals surface area contributed by atoms with Gasteiger partial charge in [-0.05, 0) is 23.8 Å². The van der Waals surface area contributed by atoms with Crippen molar-refractivity contribution in [2.75, 3.05) is 25.7 Å². The zero-order valence-corrected chi connectivity index (χ0v) is 16.0. The van der Waals surface area contributed by atoms with Crippen LogP contribution in [0.4, 0.5) is 5.69 Å². The van der Waals surface area contributed by atoms with E-state index in [0.29, 0.717) is 35.3 Å². The molecule has 1 heterocycles. The minimum Gasteiger partial charge on any atom is -0.497 e. The summed E-state index contributed by atoms with van der Waals surface area (Å²) in [4.78, 5) is 26.6. The molecule has 1 saturated heterocycles. The van der Waals surface area contributed by atoms with Gasteiger partial charge >= 0.3 is 0 Å². The molecule has 6 nitrogen and oxygen atoms in total. The summed E-state index contributed by atoms with van der Waals surface area (Å²) >= 11 is 6.11. The monoisotopic (exact) mass is 388 g/mol. The molecule has 7 heteroatoms. The molecule has 27 heavy (non-hydrogen) atoms. The van der Waals surface area contributed by atoms with Crippen LogP contribution in [0.15, 0.2) is 42.5 Å². The second kappa shape index (κ2) is 8.31. The van der Waals surface area contributed by atoms with E-state index in [4.69, 9.17) is 21.1 Å². The Labute approximate surface area is 163 Å². The molecule has 1 fully saturated rings. The Morgan fingerprint density at radius 2 is 2.00 bits per heavy atom. The van der Waals surface area contributed by atoms with Gasteiger partial charge in [0.15, 0.2) is 0 Å². The molecule has 2 amide bonds. The highest BCUT2D eigenvalue weighted by molar-refractivity contribution is 6.31. The van der Waals surface area contributed by atoms with E-state index in [1.165, 1.54) is 7.11 Å². The Kier molecular flexibility index (Phi) is 5.86. The largest absolute Gasteiger partial charge is 0.497 e. The molecule has 0 saturated carbocycles. The minimum atomic E-state index is -0.424. The zero-order chi connectivity index (χ0) is 19.4. The van der Waals surface area contributed by atoms with Gasteiger partial charge in [-0.1, -0.05) is 29.8 Å². The van der Waals surface area contributed by atoms with Crippen LogP contribution in [0.5, 0.6) is 11.5 Å². The van der Waals surface area contributed by atoms with Crippen molar-refractivity contribution >= 4 is 29.1 Å². The predicted octanol–water partition coefficient (Wildman–Crippen LogP) is 3.03. The SMILES string of the molecule is COc1ccc(N2CC(C(=O)NCc3ccccc3Cl)CC2=O)c(OC)c1. The molecule has 1 atom stereocenters. The lowest BCUT2D eigenvalue weighted by Crippen LogP contribution is -2.32. The summed E-state index contributed by atoms with van der Waals surface area (Å²) in [5.74, 6) is 0.456. The fourth-order valence-electron chi connectivity index (χ4n) is 3.09. The van der Waals surface area contributed by atoms with Crippen LogP contribution >= 0.6 is 11.6 Å². The molecule has 3 rings (SSSR count). The average Bonchev–Trinajstić information content (AvgIpc) is 3.08. The first kappa shape index (κ1) is 19.0. The smallest absolute Gasteiger partial charge is 0.227 e. The molecule has 0 aromatic heterocycles. The van der Waals surface area contributed by atoms with Crippen molar-refractivity contribution < 1.29 is 19.1 Å². The van der Waals surface area contributed by atoms with Crippen LogP contribution in [0.25, 0.3) is 0 Å². The number of halogens is 1. The van der Waals surface area contributed by atoms with Crippen molar-refractivity contribution in [2.24, 2.45) is 5.92 Å². The molecule has 2 aromatic carbocycles. The quantitative estimate of drug-likeness (QED) is 0.826. The summed E-state index contributed by atoms with van der Waals surface area (Å²) in [5, 5.41) is 3.47. The van der Waals surface area contributed by atoms with E-state index in [2.05, 4.69) is 5.32 Å². The first-order valence-electron chi connectivity index (χ1n) is 8.57. The number of nitrogens with zero attached hydrogens (tertiary/aromatic N) is 1. The van der Waals surface area contributed by atoms with E-state index in [-0.39, 0.29) is 18.2 Å². The number of amides is 2. The van der Waals surface area contributed by atoms with E-state index in [0.717, 1.165) is 5.56 Å². The van der Waals surface area contributed by atoms with Gasteiger partial charge in [-0.2, -0.15) is 0 Å². The van der Waals surface area contributed by atoms with Crippen LogP contribution in [-0.2, 0) is 16.1 Å². The van der Waals surface area contributed by atoms with Crippen molar-refractivity contribution in [1.29, 1.82) is 0 Å². The number of benzene rings is 2. The molecule has 2 aromatic rings. The third-order valence-electron chi connectivity index (χ3n) is 4.58. The van der Waals surface area contributed by atoms with Gasteiger partial charge in [0.25, 0.3) is 0 Å². The number of carbonyl (C=O) groups is 2. The summed E-state index contributed by atoms with van der Waals surface area (Å²) in [7, 11) is 3.10. The number of carbonyl (C=O) groups excluding carboxylic acids is 2. The fraction of sp³-hybridized carbons (Fsp3) is 0.300. The van der Waals surface area contributed by atoms with Gasteiger partial charge in [-0.25, -0.2) is 0 Å². The van der Waals surface area contributed by atoms with Gasteiger partial charge in [-0.15, -0.1) is 0 Å². The molecule has 0 bridgehead atoms. The highest BCUT2D eigenvalue weighted by atomic mass is 35.5. The number of ether oxygens (including phenoxy) is 2. The van der Waals surface area contributed by atoms with Crippen LogP contribution in [0, 0.1) is 5.92 Å². The maximum absolute atomic E-state index is 12.5. The molecule has 1 aliphatic rings. The number of hydrogen-bond acceptors (Lipinski definition) is 4. The van der Waals surface area contributed by atoms with Gasteiger partial charge in [0.2, 0.25) is 11.8 Å². The van der Waals surface area contributed by atoms with E-state index in [9.17, 15) is 9.59 Å². The lowest BCUT2D eigenvalue weighted by molar-refractivity contribution is -0.126. The van der Waals surface area contributed by atoms with E-state index < -0.39 is 5.92 Å². The molecule has 0 radical (unpaired) electrons. The molecule has 0 spiro atoms. The lowest BCUT2D eigenvalue weighted by Gasteiger charge is -2.20.